The molecule has 29 heavy (non-hydrogen) atoms. The predicted molar refractivity (Wildman–Crippen MR) is 103 cm³/mol. The molecule has 3 heterocycles. The van der Waals surface area contributed by atoms with Gasteiger partial charge in [0.05, 0.1) is 12.3 Å². The Labute approximate surface area is 169 Å². The molecule has 0 unspecified atom stereocenters. The Kier molecular flexibility index (Phi) is 5.00. The van der Waals surface area contributed by atoms with Crippen LogP contribution in [-0.2, 0) is 9.53 Å². The molecular weight excluding hydrogens is 400 g/mol. The number of nitrogens with one attached hydrogen (secondary N) is 2. The third kappa shape index (κ3) is 3.83. The van der Waals surface area contributed by atoms with E-state index >= 15 is 0 Å². The fourth-order valence-electron chi connectivity index (χ4n) is 2.83. The van der Waals surface area contributed by atoms with E-state index in [1.165, 1.54) is 4.68 Å². The summed E-state index contributed by atoms with van der Waals surface area (Å²) in [6, 6.07) is 8.90. The molecule has 1 atom stereocenters. The number of hydrogen-bond acceptors (Lipinski definition) is 7. The number of amides is 1. The van der Waals surface area contributed by atoms with Gasteiger partial charge in [-0.05, 0) is 36.4 Å². The van der Waals surface area contributed by atoms with E-state index in [0.717, 1.165) is 4.42 Å². The van der Waals surface area contributed by atoms with Crippen LogP contribution in [0.15, 0.2) is 53.6 Å². The van der Waals surface area contributed by atoms with Gasteiger partial charge in [-0.15, -0.1) is 5.10 Å². The van der Waals surface area contributed by atoms with E-state index in [9.17, 15) is 14.4 Å². The van der Waals surface area contributed by atoms with Crippen molar-refractivity contribution in [2.75, 3.05) is 11.9 Å². The van der Waals surface area contributed by atoms with Crippen LogP contribution in [-0.4, -0.2) is 48.7 Å². The van der Waals surface area contributed by atoms with Gasteiger partial charge in [0, 0.05) is 41.8 Å². The van der Waals surface area contributed by atoms with Crippen molar-refractivity contribution in [2.45, 2.75) is 12.5 Å². The molecule has 10 nitrogen and oxygen atoms in total. The summed E-state index contributed by atoms with van der Waals surface area (Å²) in [6.45, 7) is 0.243. The molecule has 1 aliphatic rings. The number of rotatable bonds is 5. The average molecular weight is 415 g/mol. The largest absolute Gasteiger partial charge is 0.464 e. The van der Waals surface area contributed by atoms with Crippen LogP contribution in [0.4, 0.5) is 11.6 Å². The minimum atomic E-state index is -0.788. The van der Waals surface area contributed by atoms with Crippen molar-refractivity contribution < 1.29 is 14.3 Å². The Morgan fingerprint density at radius 1 is 1.21 bits per heavy atom. The molecule has 4 rings (SSSR count). The van der Waals surface area contributed by atoms with Gasteiger partial charge in [0.25, 0.3) is 5.91 Å². The average Bonchev–Trinajstić information content (AvgIpc) is 3.33. The van der Waals surface area contributed by atoms with Gasteiger partial charge in [-0.1, -0.05) is 0 Å². The van der Waals surface area contributed by atoms with Gasteiger partial charge in [-0.2, -0.15) is 4.68 Å². The van der Waals surface area contributed by atoms with Crippen LogP contribution >= 0.6 is 11.8 Å². The van der Waals surface area contributed by atoms with Crippen LogP contribution in [0.2, 0.25) is 0 Å². The number of halogens is 1. The maximum atomic E-state index is 12.4. The summed E-state index contributed by atoms with van der Waals surface area (Å²) in [7, 11) is 0. The normalized spacial score (nSPS) is 15.8. The van der Waals surface area contributed by atoms with E-state index in [0.29, 0.717) is 23.4 Å². The zero-order valence-electron chi connectivity index (χ0n) is 14.9. The van der Waals surface area contributed by atoms with Crippen LogP contribution in [0.5, 0.6) is 0 Å². The van der Waals surface area contributed by atoms with Crippen LogP contribution in [0.3, 0.4) is 0 Å². The molecule has 0 radical (unpaired) electrons. The van der Waals surface area contributed by atoms with E-state index in [4.69, 9.17) is 16.5 Å². The maximum absolute atomic E-state index is 12.4. The first kappa shape index (κ1) is 18.7. The molecule has 2 N–H and O–H groups in total. The van der Waals surface area contributed by atoms with E-state index < -0.39 is 23.6 Å². The van der Waals surface area contributed by atoms with Gasteiger partial charge in [0.1, 0.15) is 6.04 Å². The molecule has 148 valence electrons. The van der Waals surface area contributed by atoms with Gasteiger partial charge in [0.2, 0.25) is 5.95 Å². The third-order valence-corrected chi connectivity index (χ3v) is 4.68. The molecule has 1 saturated heterocycles. The minimum absolute atomic E-state index is 0.235. The van der Waals surface area contributed by atoms with Crippen molar-refractivity contribution >= 4 is 35.3 Å². The van der Waals surface area contributed by atoms with E-state index in [2.05, 4.69) is 20.4 Å². The number of pyridine rings is 1. The van der Waals surface area contributed by atoms with Crippen LogP contribution in [0, 0.1) is 0 Å². The summed E-state index contributed by atoms with van der Waals surface area (Å²) in [6.07, 6.45) is 3.48. The number of H-pyrrole nitrogens is 1. The maximum Gasteiger partial charge on any atom is 0.349 e. The molecule has 1 aromatic carbocycles. The highest BCUT2D eigenvalue weighted by Crippen LogP contribution is 2.21. The van der Waals surface area contributed by atoms with E-state index in [1.54, 1.807) is 48.8 Å². The van der Waals surface area contributed by atoms with Crippen molar-refractivity contribution in [1.29, 1.82) is 0 Å². The van der Waals surface area contributed by atoms with Gasteiger partial charge in [-0.25, -0.2) is 14.0 Å². The number of aromatic nitrogens is 4. The smallest absolute Gasteiger partial charge is 0.349 e. The quantitative estimate of drug-likeness (QED) is 0.480. The lowest BCUT2D eigenvalue weighted by atomic mass is 10.1. The monoisotopic (exact) mass is 414 g/mol. The molecule has 1 amide bonds. The molecule has 0 spiro atoms. The number of anilines is 2. The van der Waals surface area contributed by atoms with E-state index in [1.807, 2.05) is 0 Å². The van der Waals surface area contributed by atoms with Crippen LogP contribution in [0.25, 0.3) is 5.69 Å². The topological polar surface area (TPSA) is 122 Å². The number of cyclic esters (lactones) is 1. The summed E-state index contributed by atoms with van der Waals surface area (Å²) in [4.78, 5) is 42.6. The van der Waals surface area contributed by atoms with Crippen molar-refractivity contribution in [3.8, 4) is 5.69 Å². The summed E-state index contributed by atoms with van der Waals surface area (Å²) < 4.78 is 6.90. The number of nitrogens with zero attached hydrogens (tertiary/aromatic N) is 4. The Morgan fingerprint density at radius 2 is 1.93 bits per heavy atom. The Bertz CT molecular complexity index is 1100. The highest BCUT2D eigenvalue weighted by Gasteiger charge is 2.35. The molecule has 1 fully saturated rings. The first-order valence-electron chi connectivity index (χ1n) is 8.66. The summed E-state index contributed by atoms with van der Waals surface area (Å²) in [5, 5.41) is 7.14. The van der Waals surface area contributed by atoms with Crippen molar-refractivity contribution in [3.63, 3.8) is 0 Å². The number of ether oxygens (including phenoxy) is 1. The number of esters is 1. The fourth-order valence-corrected chi connectivity index (χ4v) is 3.10. The highest BCUT2D eigenvalue weighted by molar-refractivity contribution is 6.25. The molecular formula is C18H15ClN6O4. The lowest BCUT2D eigenvalue weighted by Gasteiger charge is -2.18. The zero-order valence-corrected chi connectivity index (χ0v) is 15.7. The molecule has 0 bridgehead atoms. The SMILES string of the molecule is O=C1OCC[C@H]1N(Cl)C(=O)c1ccc(Nc2nn(-c3ccncc3)c(=O)[nH]2)cc1. The van der Waals surface area contributed by atoms with Gasteiger partial charge >= 0.3 is 11.7 Å². The first-order chi connectivity index (χ1) is 14.0. The molecule has 0 aliphatic carbocycles. The Morgan fingerprint density at radius 3 is 2.59 bits per heavy atom. The predicted octanol–water partition coefficient (Wildman–Crippen LogP) is 1.61. The van der Waals surface area contributed by atoms with Crippen LogP contribution < -0.4 is 11.0 Å². The second-order valence-electron chi connectivity index (χ2n) is 6.19. The van der Waals surface area contributed by atoms with Gasteiger partial charge in [-0.3, -0.25) is 14.8 Å². The van der Waals surface area contributed by atoms with Crippen LogP contribution in [0.1, 0.15) is 16.8 Å². The second-order valence-corrected chi connectivity index (χ2v) is 6.55. The Hall–Kier alpha value is -3.66. The summed E-state index contributed by atoms with van der Waals surface area (Å²) in [5.41, 5.74) is 1.06. The molecule has 11 heteroatoms. The minimum Gasteiger partial charge on any atom is -0.464 e. The standard InChI is InChI=1S/C18H15ClN6O4/c19-24(14-7-10-29-16(14)27)15(26)11-1-3-12(4-2-11)21-17-22-18(28)25(23-17)13-5-8-20-9-6-13/h1-6,8-9,14H,7,10H2,(H2,21,22,23,28)/t14-/m1/s1. The number of aromatic amines is 1. The van der Waals surface area contributed by atoms with E-state index in [-0.39, 0.29) is 12.6 Å². The fraction of sp³-hybridized carbons (Fsp3) is 0.167. The van der Waals surface area contributed by atoms with Crippen molar-refractivity contribution in [3.05, 3.63) is 64.8 Å². The third-order valence-electron chi connectivity index (χ3n) is 4.29. The summed E-state index contributed by atoms with van der Waals surface area (Å²) >= 11 is 6.03. The molecule has 0 saturated carbocycles. The van der Waals surface area contributed by atoms with Gasteiger partial charge in [0.15, 0.2) is 0 Å². The Balaban J connectivity index is 1.47. The number of carbonyl (C=O) groups is 2. The summed E-state index contributed by atoms with van der Waals surface area (Å²) in [5.74, 6) is -0.781. The highest BCUT2D eigenvalue weighted by atomic mass is 35.5. The molecule has 1 aliphatic heterocycles. The number of carbonyl (C=O) groups excluding carboxylic acids is 2. The number of benzene rings is 1. The molecule has 2 aromatic heterocycles. The number of hydrogen-bond donors (Lipinski definition) is 2. The van der Waals surface area contributed by atoms with Gasteiger partial charge < -0.3 is 10.1 Å². The van der Waals surface area contributed by atoms with Crippen molar-refractivity contribution in [1.82, 2.24) is 24.2 Å². The lowest BCUT2D eigenvalue weighted by Crippen LogP contribution is -2.36. The van der Waals surface area contributed by atoms with Crippen molar-refractivity contribution in [2.24, 2.45) is 0 Å². The molecule has 3 aromatic rings. The lowest BCUT2D eigenvalue weighted by molar-refractivity contribution is -0.140. The zero-order chi connectivity index (χ0) is 20.4. The second kappa shape index (κ2) is 7.76. The first-order valence-corrected chi connectivity index (χ1v) is 8.99.